The van der Waals surface area contributed by atoms with E-state index in [1.165, 1.54) is 19.1 Å². The quantitative estimate of drug-likeness (QED) is 0.424. The number of carbonyl (C=O) groups is 1. The van der Waals surface area contributed by atoms with Gasteiger partial charge in [0.15, 0.2) is 5.75 Å². The predicted molar refractivity (Wildman–Crippen MR) is 104 cm³/mol. The molecule has 0 saturated carbocycles. The van der Waals surface area contributed by atoms with Gasteiger partial charge in [-0.3, -0.25) is 9.78 Å². The van der Waals surface area contributed by atoms with E-state index in [2.05, 4.69) is 10.2 Å². The molecule has 0 aliphatic heterocycles. The molecule has 2 aromatic carbocycles. The Morgan fingerprint density at radius 3 is 2.54 bits per heavy atom. The zero-order valence-electron chi connectivity index (χ0n) is 16.3. The van der Waals surface area contributed by atoms with Gasteiger partial charge in [0.25, 0.3) is 0 Å². The Labute approximate surface area is 164 Å². The van der Waals surface area contributed by atoms with Crippen molar-refractivity contribution in [1.82, 2.24) is 5.32 Å². The highest BCUT2D eigenvalue weighted by Gasteiger charge is 2.10. The minimum Gasteiger partial charge on any atom is -0.508 e. The van der Waals surface area contributed by atoms with E-state index in [1.54, 1.807) is 18.2 Å². The number of rotatable bonds is 10. The molecule has 0 saturated heterocycles. The molecule has 0 amide bonds. The molecule has 7 nitrogen and oxygen atoms in total. The van der Waals surface area contributed by atoms with Crippen molar-refractivity contribution in [3.05, 3.63) is 53.6 Å². The van der Waals surface area contributed by atoms with Crippen molar-refractivity contribution in [3.63, 3.8) is 0 Å². The third-order valence-electron chi connectivity index (χ3n) is 4.01. The fraction of sp³-hybridized carbons (Fsp3) is 0.381. The summed E-state index contributed by atoms with van der Waals surface area (Å²) in [5, 5.41) is 22.6. The highest BCUT2D eigenvalue weighted by atomic mass is 17.2. The average Bonchev–Trinajstić information content (AvgIpc) is 2.65. The van der Waals surface area contributed by atoms with Gasteiger partial charge in [-0.05, 0) is 61.7 Å². The van der Waals surface area contributed by atoms with Gasteiger partial charge in [0, 0.05) is 19.5 Å². The smallest absolute Gasteiger partial charge is 0.352 e. The maximum atomic E-state index is 10.8. The van der Waals surface area contributed by atoms with E-state index in [9.17, 15) is 15.0 Å². The summed E-state index contributed by atoms with van der Waals surface area (Å²) in [6, 6.07) is 12.2. The summed E-state index contributed by atoms with van der Waals surface area (Å²) < 4.78 is 5.49. The van der Waals surface area contributed by atoms with Crippen molar-refractivity contribution < 1.29 is 29.5 Å². The van der Waals surface area contributed by atoms with Crippen LogP contribution in [0.4, 0.5) is 0 Å². The second-order valence-electron chi connectivity index (χ2n) is 6.73. The molecular weight excluding hydrogens is 362 g/mol. The zero-order chi connectivity index (χ0) is 20.5. The lowest BCUT2D eigenvalue weighted by molar-refractivity contribution is -0.211. The lowest BCUT2D eigenvalue weighted by atomic mass is 10.0. The van der Waals surface area contributed by atoms with Gasteiger partial charge in [0.1, 0.15) is 24.2 Å². The molecule has 3 N–H and O–H groups in total. The minimum absolute atomic E-state index is 0.142. The minimum atomic E-state index is -0.655. The van der Waals surface area contributed by atoms with Crippen LogP contribution in [0, 0.1) is 6.92 Å². The molecule has 0 aromatic heterocycles. The first-order valence-corrected chi connectivity index (χ1v) is 9.11. The van der Waals surface area contributed by atoms with Gasteiger partial charge in [0.05, 0.1) is 0 Å². The van der Waals surface area contributed by atoms with Crippen LogP contribution in [0.25, 0.3) is 0 Å². The third-order valence-corrected chi connectivity index (χ3v) is 4.01. The highest BCUT2D eigenvalue weighted by Crippen LogP contribution is 2.20. The van der Waals surface area contributed by atoms with Gasteiger partial charge in [0.2, 0.25) is 0 Å². The number of aliphatic hydroxyl groups is 1. The largest absolute Gasteiger partial charge is 0.508 e. The molecule has 2 aromatic rings. The number of phenolic OH excluding ortho intramolecular Hbond substituents is 1. The molecule has 0 unspecified atom stereocenters. The number of hydrogen-bond acceptors (Lipinski definition) is 7. The molecule has 0 fully saturated rings. The number of aromatic hydroxyl groups is 1. The number of ether oxygens (including phenoxy) is 1. The Kier molecular flexibility index (Phi) is 8.10. The summed E-state index contributed by atoms with van der Waals surface area (Å²) in [7, 11) is 0. The normalized spacial score (nSPS) is 12.9. The molecule has 28 heavy (non-hydrogen) atoms. The molecule has 0 aliphatic carbocycles. The lowest BCUT2D eigenvalue weighted by Crippen LogP contribution is -2.37. The molecule has 7 heteroatoms. The van der Waals surface area contributed by atoms with Gasteiger partial charge in [-0.25, -0.2) is 4.79 Å². The number of phenols is 1. The van der Waals surface area contributed by atoms with Crippen LogP contribution in [-0.2, 0) is 16.1 Å². The number of aryl methyl sites for hydroxylation is 1. The highest BCUT2D eigenvalue weighted by molar-refractivity contribution is 5.65. The molecule has 0 heterocycles. The molecule has 152 valence electrons. The van der Waals surface area contributed by atoms with Gasteiger partial charge in [-0.1, -0.05) is 12.1 Å². The van der Waals surface area contributed by atoms with Gasteiger partial charge < -0.3 is 20.3 Å². The first kappa shape index (κ1) is 21.5. The third kappa shape index (κ3) is 7.46. The average molecular weight is 389 g/mol. The fourth-order valence-corrected chi connectivity index (χ4v) is 2.59. The summed E-state index contributed by atoms with van der Waals surface area (Å²) in [5.74, 6) is 0.761. The molecule has 0 bridgehead atoms. The second-order valence-corrected chi connectivity index (χ2v) is 6.73. The summed E-state index contributed by atoms with van der Waals surface area (Å²) in [6.45, 7) is 5.75. The Hall–Kier alpha value is -2.77. The summed E-state index contributed by atoms with van der Waals surface area (Å²) in [6.07, 6.45) is 0.109. The van der Waals surface area contributed by atoms with E-state index < -0.39 is 12.1 Å². The van der Waals surface area contributed by atoms with Crippen LogP contribution in [0.1, 0.15) is 25.0 Å². The van der Waals surface area contributed by atoms with Crippen molar-refractivity contribution in [3.8, 4) is 17.2 Å². The van der Waals surface area contributed by atoms with Crippen molar-refractivity contribution in [2.24, 2.45) is 0 Å². The molecule has 2 atom stereocenters. The van der Waals surface area contributed by atoms with Crippen LogP contribution >= 0.6 is 0 Å². The van der Waals surface area contributed by atoms with Gasteiger partial charge in [-0.15, -0.1) is 0 Å². The van der Waals surface area contributed by atoms with Crippen LogP contribution in [-0.4, -0.2) is 41.5 Å². The topological polar surface area (TPSA) is 97.3 Å². The Balaban J connectivity index is 1.73. The van der Waals surface area contributed by atoms with Crippen LogP contribution in [0.5, 0.6) is 17.2 Å². The summed E-state index contributed by atoms with van der Waals surface area (Å²) in [4.78, 5) is 20.3. The monoisotopic (exact) mass is 389 g/mol. The van der Waals surface area contributed by atoms with E-state index in [0.717, 1.165) is 17.5 Å². The zero-order valence-corrected chi connectivity index (χ0v) is 16.3. The molecule has 2 rings (SSSR count). The van der Waals surface area contributed by atoms with E-state index in [0.29, 0.717) is 18.0 Å². The number of carbonyl (C=O) groups excluding carboxylic acids is 1. The van der Waals surface area contributed by atoms with Crippen LogP contribution in [0.15, 0.2) is 42.5 Å². The molecule has 0 aliphatic rings. The predicted octanol–water partition coefficient (Wildman–Crippen LogP) is 2.52. The summed E-state index contributed by atoms with van der Waals surface area (Å²) in [5.41, 5.74) is 1.97. The van der Waals surface area contributed by atoms with Crippen molar-refractivity contribution in [2.75, 3.05) is 13.2 Å². The first-order valence-electron chi connectivity index (χ1n) is 9.11. The van der Waals surface area contributed by atoms with Gasteiger partial charge in [-0.2, -0.15) is 0 Å². The first-order chi connectivity index (χ1) is 13.3. The Bertz CT molecular complexity index is 762. The van der Waals surface area contributed by atoms with Crippen LogP contribution < -0.4 is 14.9 Å². The summed E-state index contributed by atoms with van der Waals surface area (Å²) >= 11 is 0. The number of hydrogen-bond donors (Lipinski definition) is 3. The molecule has 0 spiro atoms. The fourth-order valence-electron chi connectivity index (χ4n) is 2.59. The number of aliphatic hydroxyl groups excluding tert-OH is 1. The SMILES string of the molecule is CC(=O)OOc1ccc(C[C@H](C)NC[C@@H](O)COc2ccc(O)cc2)cc1C. The number of nitrogens with one attached hydrogen (secondary N) is 1. The second kappa shape index (κ2) is 10.5. The van der Waals surface area contributed by atoms with E-state index >= 15 is 0 Å². The molecule has 0 radical (unpaired) electrons. The van der Waals surface area contributed by atoms with Crippen LogP contribution in [0.2, 0.25) is 0 Å². The molecular formula is C21H27NO6. The lowest BCUT2D eigenvalue weighted by Gasteiger charge is -2.18. The van der Waals surface area contributed by atoms with Crippen molar-refractivity contribution >= 4 is 5.97 Å². The van der Waals surface area contributed by atoms with Crippen molar-refractivity contribution in [1.29, 1.82) is 0 Å². The van der Waals surface area contributed by atoms with E-state index in [4.69, 9.17) is 9.62 Å². The van der Waals surface area contributed by atoms with E-state index in [-0.39, 0.29) is 18.4 Å². The maximum absolute atomic E-state index is 10.8. The van der Waals surface area contributed by atoms with E-state index in [1.807, 2.05) is 26.0 Å². The number of benzene rings is 2. The van der Waals surface area contributed by atoms with Crippen LogP contribution in [0.3, 0.4) is 0 Å². The Morgan fingerprint density at radius 1 is 1.18 bits per heavy atom. The maximum Gasteiger partial charge on any atom is 0.352 e. The van der Waals surface area contributed by atoms with Crippen molar-refractivity contribution in [2.45, 2.75) is 39.3 Å². The van der Waals surface area contributed by atoms with Gasteiger partial charge >= 0.3 is 5.97 Å². The Morgan fingerprint density at radius 2 is 1.89 bits per heavy atom. The standard InChI is InChI=1S/C21H27NO6/c1-14-10-17(4-9-21(14)28-27-16(3)23)11-15(2)22-12-19(25)13-26-20-7-5-18(24)6-8-20/h4-10,15,19,22,24-25H,11-13H2,1-3H3/t15-,19+/m0/s1.